The summed E-state index contributed by atoms with van der Waals surface area (Å²) in [5, 5.41) is 2.52. The van der Waals surface area contributed by atoms with E-state index in [0.717, 1.165) is 25.0 Å². The third-order valence-corrected chi connectivity index (χ3v) is 4.30. The van der Waals surface area contributed by atoms with E-state index < -0.39 is 23.2 Å². The first-order valence-electron chi connectivity index (χ1n) is 8.60. The van der Waals surface area contributed by atoms with Crippen molar-refractivity contribution in [3.05, 3.63) is 59.3 Å². The van der Waals surface area contributed by atoms with Crippen molar-refractivity contribution in [3.8, 4) is 0 Å². The molecule has 0 unspecified atom stereocenters. The Morgan fingerprint density at radius 2 is 2.07 bits per heavy atom. The number of rotatable bonds is 4. The van der Waals surface area contributed by atoms with Gasteiger partial charge in [-0.1, -0.05) is 18.2 Å². The van der Waals surface area contributed by atoms with Gasteiger partial charge in [-0.2, -0.15) is 13.2 Å². The van der Waals surface area contributed by atoms with Gasteiger partial charge in [0.1, 0.15) is 5.82 Å². The molecule has 0 spiro atoms. The molecule has 1 aromatic carbocycles. The van der Waals surface area contributed by atoms with E-state index in [1.54, 1.807) is 12.3 Å². The van der Waals surface area contributed by atoms with Gasteiger partial charge < -0.3 is 15.0 Å². The number of alkyl halides is 3. The minimum Gasteiger partial charge on any atom is -0.375 e. The molecular formula is C19H20F3N3O2. The summed E-state index contributed by atoms with van der Waals surface area (Å²) in [7, 11) is 0. The Bertz CT molecular complexity index is 794. The van der Waals surface area contributed by atoms with Gasteiger partial charge in [0.25, 0.3) is 5.91 Å². The molecule has 0 aliphatic carbocycles. The third-order valence-electron chi connectivity index (χ3n) is 4.30. The van der Waals surface area contributed by atoms with Gasteiger partial charge in [0.05, 0.1) is 23.8 Å². The van der Waals surface area contributed by atoms with Crippen molar-refractivity contribution in [2.75, 3.05) is 24.6 Å². The van der Waals surface area contributed by atoms with Crippen molar-refractivity contribution in [1.29, 1.82) is 0 Å². The van der Waals surface area contributed by atoms with Gasteiger partial charge in [0.2, 0.25) is 0 Å². The summed E-state index contributed by atoms with van der Waals surface area (Å²) in [4.78, 5) is 18.7. The number of hydrogen-bond donors (Lipinski definition) is 1. The van der Waals surface area contributed by atoms with Crippen molar-refractivity contribution >= 4 is 11.7 Å². The molecule has 0 bridgehead atoms. The molecule has 5 nitrogen and oxygen atoms in total. The Morgan fingerprint density at radius 3 is 2.74 bits per heavy atom. The van der Waals surface area contributed by atoms with Crippen LogP contribution in [0.15, 0.2) is 42.6 Å². The molecule has 2 aromatic rings. The number of ether oxygens (including phenoxy) is 1. The normalized spacial score (nSPS) is 17.6. The molecule has 1 aliphatic heterocycles. The summed E-state index contributed by atoms with van der Waals surface area (Å²) in [6.07, 6.45) is -2.83. The van der Waals surface area contributed by atoms with Gasteiger partial charge in [-0.3, -0.25) is 4.79 Å². The molecule has 1 N–H and O–H groups in total. The molecule has 1 aliphatic rings. The summed E-state index contributed by atoms with van der Waals surface area (Å²) < 4.78 is 44.5. The Kier molecular flexibility index (Phi) is 5.65. The molecule has 8 heteroatoms. The number of amides is 1. The summed E-state index contributed by atoms with van der Waals surface area (Å²) in [6.45, 7) is 4.23. The Hall–Kier alpha value is -2.61. The Labute approximate surface area is 155 Å². The molecule has 1 saturated heterocycles. The number of carbonyl (C=O) groups excluding carboxylic acids is 1. The molecular weight excluding hydrogens is 359 g/mol. The fourth-order valence-corrected chi connectivity index (χ4v) is 2.94. The van der Waals surface area contributed by atoms with Crippen molar-refractivity contribution < 1.29 is 22.7 Å². The van der Waals surface area contributed by atoms with Gasteiger partial charge in [0, 0.05) is 25.8 Å². The highest BCUT2D eigenvalue weighted by Gasteiger charge is 2.34. The summed E-state index contributed by atoms with van der Waals surface area (Å²) in [5.41, 5.74) is -0.632. The number of hydrogen-bond acceptors (Lipinski definition) is 4. The van der Waals surface area contributed by atoms with Crippen molar-refractivity contribution in [1.82, 2.24) is 10.3 Å². The molecule has 1 aromatic heterocycles. The quantitative estimate of drug-likeness (QED) is 0.886. The lowest BCUT2D eigenvalue weighted by molar-refractivity contribution is -0.137. The first-order valence-corrected chi connectivity index (χ1v) is 8.60. The summed E-state index contributed by atoms with van der Waals surface area (Å²) >= 11 is 0. The van der Waals surface area contributed by atoms with Crippen LogP contribution in [0, 0.1) is 0 Å². The minimum absolute atomic E-state index is 0.0951. The molecule has 27 heavy (non-hydrogen) atoms. The van der Waals surface area contributed by atoms with Crippen molar-refractivity contribution in [3.63, 3.8) is 0 Å². The number of pyridine rings is 1. The zero-order valence-electron chi connectivity index (χ0n) is 14.8. The second-order valence-corrected chi connectivity index (χ2v) is 6.38. The van der Waals surface area contributed by atoms with Crippen LogP contribution in [0.5, 0.6) is 0 Å². The monoisotopic (exact) mass is 379 g/mol. The first kappa shape index (κ1) is 19.2. The summed E-state index contributed by atoms with van der Waals surface area (Å²) in [6, 6.07) is 8.37. The van der Waals surface area contributed by atoms with Gasteiger partial charge in [0.15, 0.2) is 0 Å². The van der Waals surface area contributed by atoms with Gasteiger partial charge in [-0.15, -0.1) is 0 Å². The van der Waals surface area contributed by atoms with Crippen LogP contribution in [0.1, 0.15) is 28.4 Å². The molecule has 1 amide bonds. The second-order valence-electron chi connectivity index (χ2n) is 6.38. The Balaban J connectivity index is 1.63. The van der Waals surface area contributed by atoms with Crippen LogP contribution in [0.3, 0.4) is 0 Å². The van der Waals surface area contributed by atoms with Crippen LogP contribution in [-0.2, 0) is 17.5 Å². The fourth-order valence-electron chi connectivity index (χ4n) is 2.94. The number of carbonyl (C=O) groups is 1. The standard InChI is InChI=1S/C19H20F3N3O2/c1-13-12-25(8-9-27-13)17-7-6-14(10-23-17)11-24-18(26)15-4-2-3-5-16(15)19(20,21)22/h2-7,10,13H,8-9,11-12H2,1H3,(H,24,26)/t13-/m0/s1. The maximum Gasteiger partial charge on any atom is 0.417 e. The second kappa shape index (κ2) is 7.96. The van der Waals surface area contributed by atoms with Crippen molar-refractivity contribution in [2.24, 2.45) is 0 Å². The SMILES string of the molecule is C[C@H]1CN(c2ccc(CNC(=O)c3ccccc3C(F)(F)F)cn2)CCO1. The van der Waals surface area contributed by atoms with E-state index in [1.807, 2.05) is 13.0 Å². The number of anilines is 1. The lowest BCUT2D eigenvalue weighted by Gasteiger charge is -2.32. The van der Waals surface area contributed by atoms with E-state index in [9.17, 15) is 18.0 Å². The number of benzene rings is 1. The van der Waals surface area contributed by atoms with E-state index in [0.29, 0.717) is 12.2 Å². The third kappa shape index (κ3) is 4.77. The minimum atomic E-state index is -4.58. The van der Waals surface area contributed by atoms with Crippen LogP contribution in [0.4, 0.5) is 19.0 Å². The lowest BCUT2D eigenvalue weighted by atomic mass is 10.1. The predicted octanol–water partition coefficient (Wildman–Crippen LogP) is 3.26. The topological polar surface area (TPSA) is 54.5 Å². The van der Waals surface area contributed by atoms with E-state index in [1.165, 1.54) is 18.2 Å². The highest BCUT2D eigenvalue weighted by Crippen LogP contribution is 2.31. The zero-order valence-corrected chi connectivity index (χ0v) is 14.8. The molecule has 144 valence electrons. The number of halogens is 3. The van der Waals surface area contributed by atoms with Crippen molar-refractivity contribution in [2.45, 2.75) is 25.7 Å². The zero-order chi connectivity index (χ0) is 19.4. The number of nitrogens with zero attached hydrogens (tertiary/aromatic N) is 2. The average Bonchev–Trinajstić information content (AvgIpc) is 2.66. The van der Waals surface area contributed by atoms with E-state index >= 15 is 0 Å². The molecule has 0 radical (unpaired) electrons. The smallest absolute Gasteiger partial charge is 0.375 e. The van der Waals surface area contributed by atoms with E-state index in [4.69, 9.17) is 4.74 Å². The largest absolute Gasteiger partial charge is 0.417 e. The van der Waals surface area contributed by atoms with Crippen LogP contribution in [-0.4, -0.2) is 36.7 Å². The molecule has 3 rings (SSSR count). The number of aromatic nitrogens is 1. The number of nitrogens with one attached hydrogen (secondary N) is 1. The highest BCUT2D eigenvalue weighted by molar-refractivity contribution is 5.95. The number of morpholine rings is 1. The maximum atomic E-state index is 13.0. The van der Waals surface area contributed by atoms with Gasteiger partial charge >= 0.3 is 6.18 Å². The van der Waals surface area contributed by atoms with Gasteiger partial charge in [-0.25, -0.2) is 4.98 Å². The van der Waals surface area contributed by atoms with E-state index in [2.05, 4.69) is 15.2 Å². The van der Waals surface area contributed by atoms with Gasteiger partial charge in [-0.05, 0) is 30.7 Å². The van der Waals surface area contributed by atoms with Crippen LogP contribution in [0.2, 0.25) is 0 Å². The average molecular weight is 379 g/mol. The summed E-state index contributed by atoms with van der Waals surface area (Å²) in [5.74, 6) is 0.0386. The fraction of sp³-hybridized carbons (Fsp3) is 0.368. The van der Waals surface area contributed by atoms with Crippen LogP contribution < -0.4 is 10.2 Å². The van der Waals surface area contributed by atoms with Crippen LogP contribution >= 0.6 is 0 Å². The predicted molar refractivity (Wildman–Crippen MR) is 94.5 cm³/mol. The molecule has 2 heterocycles. The lowest BCUT2D eigenvalue weighted by Crippen LogP contribution is -2.41. The molecule has 0 saturated carbocycles. The first-order chi connectivity index (χ1) is 12.8. The Morgan fingerprint density at radius 1 is 1.30 bits per heavy atom. The molecule has 1 fully saturated rings. The van der Waals surface area contributed by atoms with E-state index in [-0.39, 0.29) is 12.6 Å². The maximum absolute atomic E-state index is 13.0. The highest BCUT2D eigenvalue weighted by atomic mass is 19.4. The molecule has 1 atom stereocenters. The van der Waals surface area contributed by atoms with Crippen LogP contribution in [0.25, 0.3) is 0 Å².